The number of ether oxygens (including phenoxy) is 1. The molecule has 7 heteroatoms. The van der Waals surface area contributed by atoms with E-state index in [0.29, 0.717) is 11.5 Å². The van der Waals surface area contributed by atoms with Crippen molar-refractivity contribution in [3.05, 3.63) is 36.0 Å². The molecular formula is C22H29N3O3Si. The molecule has 0 radical (unpaired) electrons. The highest BCUT2D eigenvalue weighted by molar-refractivity contribution is 6.83. The van der Waals surface area contributed by atoms with E-state index in [1.165, 1.54) is 0 Å². The quantitative estimate of drug-likeness (QED) is 0.582. The zero-order chi connectivity index (χ0) is 21.8. The van der Waals surface area contributed by atoms with Gasteiger partial charge in [-0.1, -0.05) is 49.8 Å². The van der Waals surface area contributed by atoms with Gasteiger partial charge in [0.2, 0.25) is 5.91 Å². The summed E-state index contributed by atoms with van der Waals surface area (Å²) in [5.41, 5.74) is 3.32. The molecule has 1 heterocycles. The number of nitrogens with one attached hydrogen (secondary N) is 2. The topological polar surface area (TPSA) is 80.3 Å². The predicted molar refractivity (Wildman–Crippen MR) is 119 cm³/mol. The molecule has 2 amide bonds. The van der Waals surface area contributed by atoms with Gasteiger partial charge in [-0.05, 0) is 39.1 Å². The average molecular weight is 412 g/mol. The lowest BCUT2D eigenvalue weighted by atomic mass is 10.1. The van der Waals surface area contributed by atoms with Gasteiger partial charge in [0.25, 0.3) is 0 Å². The normalized spacial score (nSPS) is 12.5. The van der Waals surface area contributed by atoms with Crippen LogP contribution in [0, 0.1) is 11.5 Å². The van der Waals surface area contributed by atoms with Gasteiger partial charge >= 0.3 is 6.09 Å². The molecule has 6 nitrogen and oxygen atoms in total. The van der Waals surface area contributed by atoms with Crippen LogP contribution in [0.2, 0.25) is 19.6 Å². The van der Waals surface area contributed by atoms with E-state index >= 15 is 0 Å². The van der Waals surface area contributed by atoms with Gasteiger partial charge in [0.15, 0.2) is 0 Å². The first-order valence-electron chi connectivity index (χ1n) is 9.57. The summed E-state index contributed by atoms with van der Waals surface area (Å²) in [5, 5.41) is 7.17. The smallest absolute Gasteiger partial charge is 0.408 e. The summed E-state index contributed by atoms with van der Waals surface area (Å²) >= 11 is 0. The maximum absolute atomic E-state index is 12.5. The minimum absolute atomic E-state index is 0.386. The first kappa shape index (κ1) is 22.4. The third kappa shape index (κ3) is 7.24. The van der Waals surface area contributed by atoms with Crippen molar-refractivity contribution in [1.29, 1.82) is 0 Å². The molecule has 1 aromatic heterocycles. The highest BCUT2D eigenvalue weighted by Gasteiger charge is 2.21. The zero-order valence-electron chi connectivity index (χ0n) is 18.1. The molecule has 1 atom stereocenters. The summed E-state index contributed by atoms with van der Waals surface area (Å²) in [6.07, 6.45) is -0.645. The summed E-state index contributed by atoms with van der Waals surface area (Å²) in [7, 11) is -1.58. The highest BCUT2D eigenvalue weighted by atomic mass is 28.3. The maximum atomic E-state index is 12.5. The van der Waals surface area contributed by atoms with E-state index in [1.807, 2.05) is 24.3 Å². The standard InChI is InChI=1S/C22H29N3O3Si/c1-15(23-21(27)28-22(2,3)4)20(26)25-19-14-16-10-8-9-11-17(16)18(24-19)12-13-29(5,6)7/h8-11,14-15H,1-7H3,(H,23,27)(H,24,25,26)/t15-/m0/s1. The Morgan fingerprint density at radius 2 is 1.83 bits per heavy atom. The average Bonchev–Trinajstić information content (AvgIpc) is 2.57. The van der Waals surface area contributed by atoms with Crippen LogP contribution >= 0.6 is 0 Å². The van der Waals surface area contributed by atoms with Crippen molar-refractivity contribution < 1.29 is 14.3 Å². The van der Waals surface area contributed by atoms with Crippen molar-refractivity contribution in [2.24, 2.45) is 0 Å². The highest BCUT2D eigenvalue weighted by Crippen LogP contribution is 2.21. The van der Waals surface area contributed by atoms with Crippen molar-refractivity contribution in [2.75, 3.05) is 5.32 Å². The Kier molecular flexibility index (Phi) is 6.70. The van der Waals surface area contributed by atoms with E-state index in [-0.39, 0.29) is 5.91 Å². The Balaban J connectivity index is 2.24. The second-order valence-electron chi connectivity index (χ2n) is 8.93. The summed E-state index contributed by atoms with van der Waals surface area (Å²) in [6, 6.07) is 8.80. The largest absolute Gasteiger partial charge is 0.444 e. The van der Waals surface area contributed by atoms with E-state index in [0.717, 1.165) is 10.8 Å². The van der Waals surface area contributed by atoms with Crippen LogP contribution in [0.5, 0.6) is 0 Å². The second kappa shape index (κ2) is 8.66. The number of carbonyl (C=O) groups is 2. The summed E-state index contributed by atoms with van der Waals surface area (Å²) in [5.74, 6) is 3.20. The minimum atomic E-state index is -1.58. The SMILES string of the molecule is C[C@H](NC(=O)OC(C)(C)C)C(=O)Nc1cc2ccccc2c(C#C[Si](C)(C)C)n1. The first-order chi connectivity index (χ1) is 13.3. The van der Waals surface area contributed by atoms with Crippen molar-refractivity contribution in [2.45, 2.75) is 59.0 Å². The Bertz CT molecular complexity index is 979. The van der Waals surface area contributed by atoms with Crippen LogP contribution in [0.15, 0.2) is 30.3 Å². The van der Waals surface area contributed by atoms with Crippen LogP contribution in [-0.2, 0) is 9.53 Å². The molecule has 154 valence electrons. The van der Waals surface area contributed by atoms with Crippen molar-refractivity contribution in [1.82, 2.24) is 10.3 Å². The lowest BCUT2D eigenvalue weighted by Gasteiger charge is -2.21. The molecule has 29 heavy (non-hydrogen) atoms. The molecule has 1 aromatic carbocycles. The van der Waals surface area contributed by atoms with Crippen molar-refractivity contribution >= 4 is 36.7 Å². The summed E-state index contributed by atoms with van der Waals surface area (Å²) < 4.78 is 5.19. The van der Waals surface area contributed by atoms with E-state index in [1.54, 1.807) is 33.8 Å². The Morgan fingerprint density at radius 1 is 1.17 bits per heavy atom. The molecule has 0 fully saturated rings. The summed E-state index contributed by atoms with van der Waals surface area (Å²) in [6.45, 7) is 13.4. The number of amides is 2. The van der Waals surface area contributed by atoms with Gasteiger partial charge in [0.1, 0.15) is 31.2 Å². The molecule has 0 saturated carbocycles. The van der Waals surface area contributed by atoms with Gasteiger partial charge in [-0.3, -0.25) is 4.79 Å². The van der Waals surface area contributed by atoms with E-state index in [2.05, 4.69) is 46.7 Å². The molecule has 2 rings (SSSR count). The monoisotopic (exact) mass is 411 g/mol. The lowest BCUT2D eigenvalue weighted by molar-refractivity contribution is -0.117. The van der Waals surface area contributed by atoms with Gasteiger partial charge in [-0.15, -0.1) is 5.54 Å². The van der Waals surface area contributed by atoms with Crippen molar-refractivity contribution in [3.8, 4) is 11.5 Å². The molecule has 0 saturated heterocycles. The van der Waals surface area contributed by atoms with Crippen LogP contribution in [-0.4, -0.2) is 36.7 Å². The molecule has 0 aliphatic heterocycles. The third-order valence-electron chi connectivity index (χ3n) is 3.67. The molecule has 0 unspecified atom stereocenters. The molecule has 0 bridgehead atoms. The van der Waals surface area contributed by atoms with E-state index in [4.69, 9.17) is 4.74 Å². The molecule has 2 aromatic rings. The number of hydrogen-bond donors (Lipinski definition) is 2. The van der Waals surface area contributed by atoms with E-state index < -0.39 is 25.8 Å². The number of fused-ring (bicyclic) bond motifs is 1. The number of carbonyl (C=O) groups excluding carboxylic acids is 2. The fraction of sp³-hybridized carbons (Fsp3) is 0.409. The number of pyridine rings is 1. The molecular weight excluding hydrogens is 382 g/mol. The molecule has 0 spiro atoms. The second-order valence-corrected chi connectivity index (χ2v) is 13.7. The zero-order valence-corrected chi connectivity index (χ0v) is 19.1. The Morgan fingerprint density at radius 3 is 2.45 bits per heavy atom. The van der Waals surface area contributed by atoms with Gasteiger partial charge in [-0.25, -0.2) is 9.78 Å². The third-order valence-corrected chi connectivity index (χ3v) is 4.55. The first-order valence-corrected chi connectivity index (χ1v) is 13.1. The molecule has 0 aliphatic rings. The predicted octanol–water partition coefficient (Wildman–Crippen LogP) is 4.32. The van der Waals surface area contributed by atoms with Crippen LogP contribution in [0.25, 0.3) is 10.8 Å². The van der Waals surface area contributed by atoms with Gasteiger partial charge < -0.3 is 15.4 Å². The van der Waals surface area contributed by atoms with Gasteiger partial charge in [0, 0.05) is 5.39 Å². The Hall–Kier alpha value is -2.85. The number of benzene rings is 1. The number of anilines is 1. The fourth-order valence-electron chi connectivity index (χ4n) is 2.39. The minimum Gasteiger partial charge on any atom is -0.444 e. The number of rotatable bonds is 3. The number of aromatic nitrogens is 1. The number of nitrogens with zero attached hydrogens (tertiary/aromatic N) is 1. The maximum Gasteiger partial charge on any atom is 0.408 e. The Labute approximate surface area is 173 Å². The van der Waals surface area contributed by atoms with Crippen LogP contribution in [0.1, 0.15) is 33.4 Å². The van der Waals surface area contributed by atoms with Gasteiger partial charge in [-0.2, -0.15) is 0 Å². The molecule has 0 aliphatic carbocycles. The van der Waals surface area contributed by atoms with Crippen LogP contribution < -0.4 is 10.6 Å². The van der Waals surface area contributed by atoms with Crippen LogP contribution in [0.4, 0.5) is 10.6 Å². The summed E-state index contributed by atoms with van der Waals surface area (Å²) in [4.78, 5) is 29.0. The van der Waals surface area contributed by atoms with Crippen molar-refractivity contribution in [3.63, 3.8) is 0 Å². The number of alkyl carbamates (subject to hydrolysis) is 1. The lowest BCUT2D eigenvalue weighted by Crippen LogP contribution is -2.44. The number of hydrogen-bond acceptors (Lipinski definition) is 4. The molecule has 2 N–H and O–H groups in total. The van der Waals surface area contributed by atoms with Crippen LogP contribution in [0.3, 0.4) is 0 Å². The fourth-order valence-corrected chi connectivity index (χ4v) is 2.88. The van der Waals surface area contributed by atoms with Gasteiger partial charge in [0.05, 0.1) is 0 Å². The van der Waals surface area contributed by atoms with E-state index in [9.17, 15) is 9.59 Å².